The second kappa shape index (κ2) is 8.56. The molecule has 0 aromatic heterocycles. The first kappa shape index (κ1) is 19.9. The largest absolute Gasteiger partial charge is 0.367 e. The fourth-order valence-electron chi connectivity index (χ4n) is 4.51. The molecule has 6 heteroatoms. The molecule has 5 nitrogen and oxygen atoms in total. The van der Waals surface area contributed by atoms with Crippen molar-refractivity contribution in [3.8, 4) is 0 Å². The highest BCUT2D eigenvalue weighted by Gasteiger charge is 2.32. The van der Waals surface area contributed by atoms with E-state index in [2.05, 4.69) is 21.9 Å². The summed E-state index contributed by atoms with van der Waals surface area (Å²) < 4.78 is 27.7. The van der Waals surface area contributed by atoms with E-state index in [1.165, 1.54) is 5.56 Å². The molecule has 2 heterocycles. The lowest BCUT2D eigenvalue weighted by Gasteiger charge is -2.37. The molecule has 2 aliphatic heterocycles. The zero-order valence-corrected chi connectivity index (χ0v) is 17.4. The average Bonchev–Trinajstić information content (AvgIpc) is 2.74. The second-order valence-corrected chi connectivity index (χ2v) is 10.1. The highest BCUT2D eigenvalue weighted by atomic mass is 32.2. The summed E-state index contributed by atoms with van der Waals surface area (Å²) in [4.78, 5) is 5.84. The molecule has 0 spiro atoms. The second-order valence-electron chi connectivity index (χ2n) is 8.10. The number of sulfonamides is 1. The first-order chi connectivity index (χ1) is 14.0. The van der Waals surface area contributed by atoms with E-state index in [9.17, 15) is 8.42 Å². The minimum Gasteiger partial charge on any atom is -0.367 e. The summed E-state index contributed by atoms with van der Waals surface area (Å²) in [6.07, 6.45) is 3.74. The van der Waals surface area contributed by atoms with Gasteiger partial charge in [-0.25, -0.2) is 17.6 Å². The molecule has 4 rings (SSSR count). The highest BCUT2D eigenvalue weighted by molar-refractivity contribution is 7.89. The van der Waals surface area contributed by atoms with E-state index in [0.717, 1.165) is 37.1 Å². The lowest BCUT2D eigenvalue weighted by atomic mass is 9.93. The van der Waals surface area contributed by atoms with E-state index >= 15 is 0 Å². The normalized spacial score (nSPS) is 20.1. The van der Waals surface area contributed by atoms with Crippen molar-refractivity contribution >= 4 is 21.4 Å². The van der Waals surface area contributed by atoms with Gasteiger partial charge in [0, 0.05) is 31.9 Å². The van der Waals surface area contributed by atoms with Crippen LogP contribution in [0.5, 0.6) is 0 Å². The third kappa shape index (κ3) is 4.63. The van der Waals surface area contributed by atoms with Gasteiger partial charge in [-0.05, 0) is 42.4 Å². The summed E-state index contributed by atoms with van der Waals surface area (Å²) in [6, 6.07) is 16.1. The SMILES string of the molecule is [C-]#[N+]c1ccc2c(c1)C[C@H](CS(=O)(=O)N1CCCCC1)CN2Cc1ccccc1. The van der Waals surface area contributed by atoms with Crippen LogP contribution in [0, 0.1) is 12.5 Å². The number of hydrogen-bond acceptors (Lipinski definition) is 3. The molecule has 2 aliphatic rings. The Bertz CT molecular complexity index is 993. The Morgan fingerprint density at radius 1 is 1.03 bits per heavy atom. The Morgan fingerprint density at radius 2 is 1.79 bits per heavy atom. The Balaban J connectivity index is 1.58. The van der Waals surface area contributed by atoms with Crippen LogP contribution in [0.4, 0.5) is 11.4 Å². The summed E-state index contributed by atoms with van der Waals surface area (Å²) >= 11 is 0. The fourth-order valence-corrected chi connectivity index (χ4v) is 6.35. The lowest BCUT2D eigenvalue weighted by Crippen LogP contribution is -2.43. The maximum atomic E-state index is 13.0. The van der Waals surface area contributed by atoms with Gasteiger partial charge in [0.15, 0.2) is 5.69 Å². The molecule has 0 unspecified atom stereocenters. The molecule has 0 amide bonds. The van der Waals surface area contributed by atoms with Gasteiger partial charge in [0.05, 0.1) is 12.3 Å². The fraction of sp³-hybridized carbons (Fsp3) is 0.435. The van der Waals surface area contributed by atoms with Crippen LogP contribution in [0.25, 0.3) is 4.85 Å². The Hall–Kier alpha value is -2.36. The topological polar surface area (TPSA) is 45.0 Å². The van der Waals surface area contributed by atoms with Crippen molar-refractivity contribution in [1.29, 1.82) is 0 Å². The van der Waals surface area contributed by atoms with Crippen LogP contribution < -0.4 is 4.90 Å². The summed E-state index contributed by atoms with van der Waals surface area (Å²) in [5, 5.41) is 0. The molecule has 0 aliphatic carbocycles. The molecule has 0 saturated carbocycles. The van der Waals surface area contributed by atoms with Crippen molar-refractivity contribution in [2.45, 2.75) is 32.2 Å². The quantitative estimate of drug-likeness (QED) is 0.694. The van der Waals surface area contributed by atoms with Crippen LogP contribution in [-0.4, -0.2) is 38.1 Å². The van der Waals surface area contributed by atoms with Gasteiger partial charge in [0.2, 0.25) is 10.0 Å². The van der Waals surface area contributed by atoms with Gasteiger partial charge >= 0.3 is 0 Å². The molecular formula is C23H27N3O2S. The maximum Gasteiger partial charge on any atom is 0.214 e. The number of benzene rings is 2. The summed E-state index contributed by atoms with van der Waals surface area (Å²) in [6.45, 7) is 10.1. The van der Waals surface area contributed by atoms with E-state index in [0.29, 0.717) is 31.7 Å². The molecule has 29 heavy (non-hydrogen) atoms. The van der Waals surface area contributed by atoms with Gasteiger partial charge in [-0.2, -0.15) is 0 Å². The number of hydrogen-bond donors (Lipinski definition) is 0. The van der Waals surface area contributed by atoms with Gasteiger partial charge < -0.3 is 4.90 Å². The van der Waals surface area contributed by atoms with E-state index in [4.69, 9.17) is 6.57 Å². The van der Waals surface area contributed by atoms with Gasteiger partial charge in [-0.1, -0.05) is 48.9 Å². The molecule has 1 atom stereocenters. The molecule has 1 fully saturated rings. The van der Waals surface area contributed by atoms with E-state index in [1.807, 2.05) is 36.4 Å². The van der Waals surface area contributed by atoms with Crippen LogP contribution in [0.15, 0.2) is 48.5 Å². The molecule has 0 bridgehead atoms. The average molecular weight is 410 g/mol. The molecule has 2 aromatic rings. The van der Waals surface area contributed by atoms with Crippen LogP contribution >= 0.6 is 0 Å². The van der Waals surface area contributed by atoms with Gasteiger partial charge in [-0.15, -0.1) is 0 Å². The van der Waals surface area contributed by atoms with Crippen molar-refractivity contribution < 1.29 is 8.42 Å². The van der Waals surface area contributed by atoms with Crippen molar-refractivity contribution in [2.75, 3.05) is 30.3 Å². The summed E-state index contributed by atoms with van der Waals surface area (Å²) in [5.74, 6) is 0.207. The van der Waals surface area contributed by atoms with Crippen molar-refractivity contribution in [3.05, 3.63) is 71.1 Å². The minimum absolute atomic E-state index is 0.0270. The first-order valence-corrected chi connectivity index (χ1v) is 11.9. The van der Waals surface area contributed by atoms with Crippen molar-refractivity contribution in [3.63, 3.8) is 0 Å². The summed E-state index contributed by atoms with van der Waals surface area (Å²) in [5.41, 5.74) is 4.02. The molecule has 1 saturated heterocycles. The zero-order valence-electron chi connectivity index (χ0n) is 16.6. The van der Waals surface area contributed by atoms with E-state index in [-0.39, 0.29) is 11.7 Å². The lowest BCUT2D eigenvalue weighted by molar-refractivity contribution is 0.342. The predicted molar refractivity (Wildman–Crippen MR) is 117 cm³/mol. The van der Waals surface area contributed by atoms with Crippen molar-refractivity contribution in [2.24, 2.45) is 5.92 Å². The molecule has 152 valence electrons. The molecule has 2 aromatic carbocycles. The van der Waals surface area contributed by atoms with Crippen LogP contribution in [0.1, 0.15) is 30.4 Å². The van der Waals surface area contributed by atoms with Crippen molar-refractivity contribution in [1.82, 2.24) is 4.31 Å². The van der Waals surface area contributed by atoms with Gasteiger partial charge in [0.1, 0.15) is 0 Å². The minimum atomic E-state index is -3.25. The summed E-state index contributed by atoms with van der Waals surface area (Å²) in [7, 11) is -3.25. The molecule has 0 radical (unpaired) electrons. The Labute approximate surface area is 173 Å². The number of rotatable bonds is 5. The number of piperidine rings is 1. The number of fused-ring (bicyclic) bond motifs is 1. The van der Waals surface area contributed by atoms with Crippen LogP contribution in [0.3, 0.4) is 0 Å². The smallest absolute Gasteiger partial charge is 0.214 e. The third-order valence-electron chi connectivity index (χ3n) is 5.89. The monoisotopic (exact) mass is 409 g/mol. The zero-order chi connectivity index (χ0) is 20.3. The van der Waals surface area contributed by atoms with E-state index in [1.54, 1.807) is 4.31 Å². The van der Waals surface area contributed by atoms with Crippen LogP contribution in [0.2, 0.25) is 0 Å². The molecular weight excluding hydrogens is 382 g/mol. The standard InChI is InChI=1S/C23H27N3O2S/c1-24-22-10-11-23-21(15-22)14-20(17-25(23)16-19-8-4-2-5-9-19)18-29(27,28)26-12-6-3-7-13-26/h2,4-5,8-11,15,20H,3,6-7,12-14,16-18H2/t20-/m0/s1. The highest BCUT2D eigenvalue weighted by Crippen LogP contribution is 2.34. The number of nitrogens with zero attached hydrogens (tertiary/aromatic N) is 3. The third-order valence-corrected chi connectivity index (χ3v) is 7.94. The maximum absolute atomic E-state index is 13.0. The number of anilines is 1. The Kier molecular flexibility index (Phi) is 5.89. The van der Waals surface area contributed by atoms with Crippen LogP contribution in [-0.2, 0) is 23.0 Å². The van der Waals surface area contributed by atoms with Gasteiger partial charge in [-0.3, -0.25) is 0 Å². The predicted octanol–water partition coefficient (Wildman–Crippen LogP) is 4.23. The Morgan fingerprint density at radius 3 is 2.52 bits per heavy atom. The first-order valence-electron chi connectivity index (χ1n) is 10.3. The van der Waals surface area contributed by atoms with E-state index < -0.39 is 10.0 Å². The van der Waals surface area contributed by atoms with Gasteiger partial charge in [0.25, 0.3) is 0 Å². The molecule has 0 N–H and O–H groups in total.